The number of esters is 1. The number of aliphatic hydroxyl groups is 1. The van der Waals surface area contributed by atoms with Gasteiger partial charge in [-0.2, -0.15) is 0 Å². The zero-order valence-electron chi connectivity index (χ0n) is 9.85. The van der Waals surface area contributed by atoms with Crippen LogP contribution in [0.2, 0.25) is 0 Å². The molecule has 0 spiro atoms. The Kier molecular flexibility index (Phi) is 5.36. The molecular formula is C13H17NO3. The van der Waals surface area contributed by atoms with Crippen molar-refractivity contribution in [3.05, 3.63) is 35.4 Å². The summed E-state index contributed by atoms with van der Waals surface area (Å²) in [6.45, 7) is 1.91. The van der Waals surface area contributed by atoms with Crippen LogP contribution in [0.15, 0.2) is 24.3 Å². The van der Waals surface area contributed by atoms with Gasteiger partial charge in [0.1, 0.15) is 6.61 Å². The molecule has 0 unspecified atom stereocenters. The van der Waals surface area contributed by atoms with E-state index < -0.39 is 12.1 Å². The Hall–Kier alpha value is -1.68. The number of hydrogen-bond acceptors (Lipinski definition) is 4. The van der Waals surface area contributed by atoms with Gasteiger partial charge in [-0.15, -0.1) is 0 Å². The Morgan fingerprint density at radius 3 is 2.71 bits per heavy atom. The van der Waals surface area contributed by atoms with Gasteiger partial charge in [-0.3, -0.25) is 0 Å². The van der Waals surface area contributed by atoms with E-state index in [1.807, 2.05) is 19.1 Å². The summed E-state index contributed by atoms with van der Waals surface area (Å²) in [6.07, 6.45) is 1.45. The van der Waals surface area contributed by atoms with Crippen molar-refractivity contribution in [1.29, 1.82) is 5.41 Å². The molecule has 0 bridgehead atoms. The van der Waals surface area contributed by atoms with Crippen molar-refractivity contribution in [2.75, 3.05) is 6.61 Å². The molecule has 4 nitrogen and oxygen atoms in total. The molecule has 1 atom stereocenters. The van der Waals surface area contributed by atoms with Crippen LogP contribution in [0.5, 0.6) is 0 Å². The standard InChI is InChI=1S/C13H17NO3/c1-10-4-6-11(7-5-10)13(16)17-9-12(15)3-2-8-14/h4-8,12,14-15H,2-3,9H2,1H3/t12-/m0/s1. The lowest BCUT2D eigenvalue weighted by molar-refractivity contribution is 0.0244. The summed E-state index contributed by atoms with van der Waals surface area (Å²) in [7, 11) is 0. The first-order valence-corrected chi connectivity index (χ1v) is 5.54. The molecule has 0 saturated heterocycles. The third-order valence-electron chi connectivity index (χ3n) is 2.34. The van der Waals surface area contributed by atoms with Crippen LogP contribution >= 0.6 is 0 Å². The third-order valence-corrected chi connectivity index (χ3v) is 2.34. The molecular weight excluding hydrogens is 218 g/mol. The predicted molar refractivity (Wildman–Crippen MR) is 65.5 cm³/mol. The lowest BCUT2D eigenvalue weighted by atomic mass is 10.1. The number of aliphatic hydroxyl groups excluding tert-OH is 1. The second kappa shape index (κ2) is 6.81. The van der Waals surface area contributed by atoms with Crippen molar-refractivity contribution in [2.24, 2.45) is 0 Å². The van der Waals surface area contributed by atoms with Crippen molar-refractivity contribution in [3.8, 4) is 0 Å². The summed E-state index contributed by atoms with van der Waals surface area (Å²) >= 11 is 0. The molecule has 0 aliphatic rings. The molecule has 1 aromatic carbocycles. The number of carbonyl (C=O) groups excluding carboxylic acids is 1. The SMILES string of the molecule is Cc1ccc(C(=O)OC[C@@H](O)CCC=N)cc1. The number of nitrogens with one attached hydrogen (secondary N) is 1. The lowest BCUT2D eigenvalue weighted by Gasteiger charge is -2.10. The first-order valence-electron chi connectivity index (χ1n) is 5.54. The maximum atomic E-state index is 11.6. The van der Waals surface area contributed by atoms with Crippen molar-refractivity contribution in [1.82, 2.24) is 0 Å². The largest absolute Gasteiger partial charge is 0.459 e. The van der Waals surface area contributed by atoms with Crippen LogP contribution in [0.3, 0.4) is 0 Å². The van der Waals surface area contributed by atoms with Crippen LogP contribution in [0.25, 0.3) is 0 Å². The number of rotatable bonds is 6. The molecule has 0 amide bonds. The number of aryl methyl sites for hydroxylation is 1. The second-order valence-corrected chi connectivity index (χ2v) is 3.90. The molecule has 92 valence electrons. The summed E-state index contributed by atoms with van der Waals surface area (Å²) in [5.41, 5.74) is 1.56. The minimum atomic E-state index is -0.703. The molecule has 0 fully saturated rings. The van der Waals surface area contributed by atoms with Crippen LogP contribution in [0, 0.1) is 12.3 Å². The Labute approximate surface area is 101 Å². The number of hydrogen-bond donors (Lipinski definition) is 2. The van der Waals surface area contributed by atoms with E-state index in [9.17, 15) is 9.90 Å². The second-order valence-electron chi connectivity index (χ2n) is 3.90. The number of ether oxygens (including phenoxy) is 1. The van der Waals surface area contributed by atoms with Crippen LogP contribution in [0.4, 0.5) is 0 Å². The van der Waals surface area contributed by atoms with E-state index in [0.29, 0.717) is 18.4 Å². The Balaban J connectivity index is 2.39. The smallest absolute Gasteiger partial charge is 0.338 e. The Bertz CT molecular complexity index is 373. The van der Waals surface area contributed by atoms with Gasteiger partial charge < -0.3 is 15.3 Å². The normalized spacial score (nSPS) is 11.9. The van der Waals surface area contributed by atoms with Gasteiger partial charge in [0.2, 0.25) is 0 Å². The minimum absolute atomic E-state index is 0.0272. The van der Waals surface area contributed by atoms with Gasteiger partial charge in [0.25, 0.3) is 0 Å². The molecule has 1 aromatic rings. The molecule has 0 saturated carbocycles. The zero-order chi connectivity index (χ0) is 12.7. The van der Waals surface area contributed by atoms with Crippen molar-refractivity contribution in [3.63, 3.8) is 0 Å². The van der Waals surface area contributed by atoms with Crippen LogP contribution in [0.1, 0.15) is 28.8 Å². The van der Waals surface area contributed by atoms with Gasteiger partial charge in [0, 0.05) is 0 Å². The van der Waals surface area contributed by atoms with Gasteiger partial charge in [0.15, 0.2) is 0 Å². The van der Waals surface area contributed by atoms with E-state index in [2.05, 4.69) is 0 Å². The fraction of sp³-hybridized carbons (Fsp3) is 0.385. The summed E-state index contributed by atoms with van der Waals surface area (Å²) in [4.78, 5) is 11.6. The van der Waals surface area contributed by atoms with Gasteiger partial charge >= 0.3 is 5.97 Å². The first kappa shape index (κ1) is 13.4. The number of benzene rings is 1. The monoisotopic (exact) mass is 235 g/mol. The highest BCUT2D eigenvalue weighted by molar-refractivity contribution is 5.89. The fourth-order valence-corrected chi connectivity index (χ4v) is 1.30. The van der Waals surface area contributed by atoms with Gasteiger partial charge in [-0.05, 0) is 38.1 Å². The number of carbonyl (C=O) groups is 1. The summed E-state index contributed by atoms with van der Waals surface area (Å²) in [5, 5.41) is 16.3. The topological polar surface area (TPSA) is 70.4 Å². The molecule has 0 heterocycles. The van der Waals surface area contributed by atoms with Gasteiger partial charge in [-0.1, -0.05) is 17.7 Å². The maximum Gasteiger partial charge on any atom is 0.338 e. The van der Waals surface area contributed by atoms with Gasteiger partial charge in [0.05, 0.1) is 11.7 Å². The van der Waals surface area contributed by atoms with Crippen LogP contribution in [-0.4, -0.2) is 30.0 Å². The van der Waals surface area contributed by atoms with Crippen molar-refractivity contribution in [2.45, 2.75) is 25.9 Å². The lowest BCUT2D eigenvalue weighted by Crippen LogP contribution is -2.18. The molecule has 2 N–H and O–H groups in total. The molecule has 0 aromatic heterocycles. The van der Waals surface area contributed by atoms with Gasteiger partial charge in [-0.25, -0.2) is 4.79 Å². The first-order chi connectivity index (χ1) is 8.13. The average molecular weight is 235 g/mol. The highest BCUT2D eigenvalue weighted by Gasteiger charge is 2.10. The van der Waals surface area contributed by atoms with E-state index in [1.165, 1.54) is 6.21 Å². The molecule has 4 heteroatoms. The van der Waals surface area contributed by atoms with E-state index in [4.69, 9.17) is 10.1 Å². The van der Waals surface area contributed by atoms with Crippen LogP contribution < -0.4 is 0 Å². The van der Waals surface area contributed by atoms with E-state index >= 15 is 0 Å². The molecule has 0 aliphatic heterocycles. The van der Waals surface area contributed by atoms with Crippen LogP contribution in [-0.2, 0) is 4.74 Å². The Morgan fingerprint density at radius 1 is 1.47 bits per heavy atom. The average Bonchev–Trinajstić information content (AvgIpc) is 2.34. The summed E-state index contributed by atoms with van der Waals surface area (Å²) < 4.78 is 4.96. The molecule has 1 rings (SSSR count). The predicted octanol–water partition coefficient (Wildman–Crippen LogP) is 1.94. The van der Waals surface area contributed by atoms with E-state index in [-0.39, 0.29) is 6.61 Å². The Morgan fingerprint density at radius 2 is 2.12 bits per heavy atom. The zero-order valence-corrected chi connectivity index (χ0v) is 9.85. The highest BCUT2D eigenvalue weighted by Crippen LogP contribution is 2.06. The highest BCUT2D eigenvalue weighted by atomic mass is 16.5. The third kappa shape index (κ3) is 4.78. The van der Waals surface area contributed by atoms with E-state index in [0.717, 1.165) is 5.56 Å². The molecule has 0 aliphatic carbocycles. The fourth-order valence-electron chi connectivity index (χ4n) is 1.30. The molecule has 17 heavy (non-hydrogen) atoms. The summed E-state index contributed by atoms with van der Waals surface area (Å²) in [5.74, 6) is -0.432. The van der Waals surface area contributed by atoms with Crippen molar-refractivity contribution < 1.29 is 14.6 Å². The molecule has 0 radical (unpaired) electrons. The summed E-state index contributed by atoms with van der Waals surface area (Å²) in [6, 6.07) is 7.06. The van der Waals surface area contributed by atoms with Crippen molar-refractivity contribution >= 4 is 12.2 Å². The minimum Gasteiger partial charge on any atom is -0.459 e. The quantitative estimate of drug-likeness (QED) is 0.584. The van der Waals surface area contributed by atoms with E-state index in [1.54, 1.807) is 12.1 Å². The maximum absolute atomic E-state index is 11.6.